The van der Waals surface area contributed by atoms with Crippen LogP contribution in [0.5, 0.6) is 0 Å². The monoisotopic (exact) mass is 532 g/mol. The summed E-state index contributed by atoms with van der Waals surface area (Å²) in [6.07, 6.45) is 5.40. The molecule has 0 aliphatic carbocycles. The van der Waals surface area contributed by atoms with E-state index in [1.54, 1.807) is 0 Å². The van der Waals surface area contributed by atoms with Crippen molar-refractivity contribution in [2.24, 2.45) is 0 Å². The third-order valence-electron chi connectivity index (χ3n) is 4.05. The zero-order chi connectivity index (χ0) is 18.5. The standard InChI is InChI=1S/C20H42N2S2.2BrH/c1-17(2)21(18(3)4)15-23-13-11-9-10-12-14-24-16-22(19(5)6)20(7)8;;/h15-20H,9-14H2,1-8H3;2*1H/q+2;;/p-2. The molecule has 0 rings (SSSR count). The van der Waals surface area contributed by atoms with Gasteiger partial charge in [-0.25, -0.2) is 9.15 Å². The molecular formula is C20H42Br2N2S2. The summed E-state index contributed by atoms with van der Waals surface area (Å²) in [6.45, 7) is 18.2. The molecule has 0 atom stereocenters. The first-order valence-electron chi connectivity index (χ1n) is 9.72. The highest BCUT2D eigenvalue weighted by Gasteiger charge is 2.14. The molecule has 158 valence electrons. The lowest BCUT2D eigenvalue weighted by Gasteiger charge is -2.10. The molecule has 0 aromatic heterocycles. The summed E-state index contributed by atoms with van der Waals surface area (Å²) in [5.74, 6) is 2.51. The lowest BCUT2D eigenvalue weighted by Crippen LogP contribution is -3.00. The van der Waals surface area contributed by atoms with Gasteiger partial charge in [0.2, 0.25) is 0 Å². The summed E-state index contributed by atoms with van der Waals surface area (Å²) in [5, 5.41) is 0. The zero-order valence-corrected chi connectivity index (χ0v) is 23.0. The molecular weight excluding hydrogens is 492 g/mol. The number of hydrogen-bond acceptors (Lipinski definition) is 2. The van der Waals surface area contributed by atoms with E-state index in [0.29, 0.717) is 24.2 Å². The Balaban J connectivity index is -0.00000264. The van der Waals surface area contributed by atoms with E-state index in [1.807, 2.05) is 23.5 Å². The van der Waals surface area contributed by atoms with E-state index in [4.69, 9.17) is 0 Å². The predicted octanol–water partition coefficient (Wildman–Crippen LogP) is -0.264. The van der Waals surface area contributed by atoms with Gasteiger partial charge in [0, 0.05) is 11.5 Å². The van der Waals surface area contributed by atoms with Gasteiger partial charge in [-0.2, -0.15) is 0 Å². The van der Waals surface area contributed by atoms with Crippen LogP contribution >= 0.6 is 23.5 Å². The average molecular weight is 535 g/mol. The SMILES string of the molecule is CC(C)[N+](=CSCCCCCCSC=[N+](C(C)C)C(C)C)C(C)C.[Br-].[Br-]. The van der Waals surface area contributed by atoms with Gasteiger partial charge < -0.3 is 34.0 Å². The zero-order valence-electron chi connectivity index (χ0n) is 18.2. The second-order valence-electron chi connectivity index (χ2n) is 7.64. The summed E-state index contributed by atoms with van der Waals surface area (Å²) in [6, 6.07) is 2.40. The Kier molecular flexibility index (Phi) is 23.5. The van der Waals surface area contributed by atoms with Gasteiger partial charge in [-0.15, -0.1) is 0 Å². The van der Waals surface area contributed by atoms with Crippen molar-refractivity contribution in [3.8, 4) is 0 Å². The first kappa shape index (κ1) is 31.7. The van der Waals surface area contributed by atoms with Crippen LogP contribution in [0, 0.1) is 0 Å². The van der Waals surface area contributed by atoms with Crippen LogP contribution in [-0.4, -0.2) is 55.9 Å². The van der Waals surface area contributed by atoms with E-state index in [9.17, 15) is 0 Å². The van der Waals surface area contributed by atoms with E-state index in [-0.39, 0.29) is 34.0 Å². The molecule has 0 N–H and O–H groups in total. The fraction of sp³-hybridized carbons (Fsp3) is 0.900. The van der Waals surface area contributed by atoms with Crippen LogP contribution in [0.3, 0.4) is 0 Å². The van der Waals surface area contributed by atoms with Crippen molar-refractivity contribution in [1.82, 2.24) is 0 Å². The van der Waals surface area contributed by atoms with Crippen molar-refractivity contribution in [2.75, 3.05) is 11.5 Å². The number of hydrogen-bond donors (Lipinski definition) is 0. The summed E-state index contributed by atoms with van der Waals surface area (Å²) in [7, 11) is 0. The minimum Gasteiger partial charge on any atom is -1.00 e. The first-order chi connectivity index (χ1) is 11.3. The first-order valence-corrected chi connectivity index (χ1v) is 11.8. The molecule has 0 bridgehead atoms. The minimum atomic E-state index is 0. The van der Waals surface area contributed by atoms with Crippen LogP contribution in [0.25, 0.3) is 0 Å². The highest BCUT2D eigenvalue weighted by molar-refractivity contribution is 8.12. The second-order valence-corrected chi connectivity index (χ2v) is 9.54. The number of thioether (sulfide) groups is 2. The fourth-order valence-corrected chi connectivity index (χ4v) is 4.95. The largest absolute Gasteiger partial charge is 1.00 e. The maximum Gasteiger partial charge on any atom is 0.198 e. The van der Waals surface area contributed by atoms with Gasteiger partial charge in [0.25, 0.3) is 0 Å². The molecule has 26 heavy (non-hydrogen) atoms. The lowest BCUT2D eigenvalue weighted by atomic mass is 10.2. The van der Waals surface area contributed by atoms with Crippen LogP contribution in [0.1, 0.15) is 81.1 Å². The molecule has 0 saturated heterocycles. The Hall–Kier alpha value is 1.000. The highest BCUT2D eigenvalue weighted by atomic mass is 79.9. The van der Waals surface area contributed by atoms with Crippen molar-refractivity contribution >= 4 is 34.6 Å². The lowest BCUT2D eigenvalue weighted by molar-refractivity contribution is -0.581. The summed E-state index contributed by atoms with van der Waals surface area (Å²) >= 11 is 3.96. The Morgan fingerprint density at radius 2 is 0.808 bits per heavy atom. The van der Waals surface area contributed by atoms with E-state index >= 15 is 0 Å². The predicted molar refractivity (Wildman–Crippen MR) is 117 cm³/mol. The second kappa shape index (κ2) is 19.3. The fourth-order valence-electron chi connectivity index (χ4n) is 2.68. The van der Waals surface area contributed by atoms with Crippen LogP contribution in [-0.2, 0) is 0 Å². The molecule has 0 aromatic rings. The molecule has 0 spiro atoms. The van der Waals surface area contributed by atoms with Crippen molar-refractivity contribution in [2.45, 2.75) is 105 Å². The van der Waals surface area contributed by atoms with Gasteiger partial charge in [-0.3, -0.25) is 0 Å². The van der Waals surface area contributed by atoms with Gasteiger partial charge in [-0.1, -0.05) is 36.4 Å². The van der Waals surface area contributed by atoms with Gasteiger partial charge in [0.05, 0.1) is 0 Å². The maximum atomic E-state index is 2.45. The van der Waals surface area contributed by atoms with Crippen molar-refractivity contribution in [3.05, 3.63) is 0 Å². The van der Waals surface area contributed by atoms with E-state index in [1.165, 1.54) is 37.2 Å². The van der Waals surface area contributed by atoms with E-state index in [0.717, 1.165) is 0 Å². The third kappa shape index (κ3) is 16.0. The van der Waals surface area contributed by atoms with E-state index in [2.05, 4.69) is 75.6 Å². The van der Waals surface area contributed by atoms with Gasteiger partial charge in [0.1, 0.15) is 24.2 Å². The molecule has 0 radical (unpaired) electrons. The smallest absolute Gasteiger partial charge is 0.198 e. The quantitative estimate of drug-likeness (QED) is 0.139. The molecule has 0 fully saturated rings. The van der Waals surface area contributed by atoms with Crippen LogP contribution in [0.15, 0.2) is 0 Å². The Morgan fingerprint density at radius 3 is 1.04 bits per heavy atom. The molecule has 6 heteroatoms. The van der Waals surface area contributed by atoms with E-state index < -0.39 is 0 Å². The van der Waals surface area contributed by atoms with Crippen molar-refractivity contribution in [3.63, 3.8) is 0 Å². The van der Waals surface area contributed by atoms with Crippen molar-refractivity contribution in [1.29, 1.82) is 0 Å². The molecule has 0 aliphatic heterocycles. The number of rotatable bonds is 13. The summed E-state index contributed by atoms with van der Waals surface area (Å²) in [4.78, 5) is 0. The van der Waals surface area contributed by atoms with Crippen LogP contribution in [0.2, 0.25) is 0 Å². The highest BCUT2D eigenvalue weighted by Crippen LogP contribution is 2.10. The number of unbranched alkanes of at least 4 members (excludes halogenated alkanes) is 3. The minimum absolute atomic E-state index is 0. The molecule has 0 unspecified atom stereocenters. The topological polar surface area (TPSA) is 6.02 Å². The number of halogens is 2. The Morgan fingerprint density at radius 1 is 0.538 bits per heavy atom. The average Bonchev–Trinajstić information content (AvgIpc) is 2.46. The van der Waals surface area contributed by atoms with Gasteiger partial charge in [0.15, 0.2) is 11.1 Å². The summed E-state index contributed by atoms with van der Waals surface area (Å²) in [5.41, 5.74) is 4.68. The van der Waals surface area contributed by atoms with Crippen molar-refractivity contribution < 1.29 is 43.1 Å². The molecule has 0 amide bonds. The number of nitrogens with zero attached hydrogens (tertiary/aromatic N) is 2. The van der Waals surface area contributed by atoms with Crippen LogP contribution < -0.4 is 34.0 Å². The maximum absolute atomic E-state index is 2.45. The van der Waals surface area contributed by atoms with Gasteiger partial charge >= 0.3 is 0 Å². The molecule has 0 saturated carbocycles. The summed E-state index contributed by atoms with van der Waals surface area (Å²) < 4.78 is 4.90. The third-order valence-corrected chi connectivity index (χ3v) is 5.89. The molecule has 0 aromatic carbocycles. The Bertz CT molecular complexity index is 326. The van der Waals surface area contributed by atoms with Crippen LogP contribution in [0.4, 0.5) is 0 Å². The Labute approximate surface area is 193 Å². The molecule has 0 aliphatic rings. The normalized spacial score (nSPS) is 10.8. The van der Waals surface area contributed by atoms with Gasteiger partial charge in [-0.05, 0) is 68.2 Å². The molecule has 0 heterocycles. The molecule has 2 nitrogen and oxygen atoms in total.